The summed E-state index contributed by atoms with van der Waals surface area (Å²) in [6, 6.07) is 0. The Labute approximate surface area is 155 Å². The second-order valence-electron chi connectivity index (χ2n) is 5.72. The van der Waals surface area contributed by atoms with Crippen molar-refractivity contribution >= 4 is 5.97 Å². The third kappa shape index (κ3) is 15.4. The van der Waals surface area contributed by atoms with Crippen LogP contribution in [0.1, 0.15) is 12.8 Å². The summed E-state index contributed by atoms with van der Waals surface area (Å²) in [5.74, 6) is -0.982. The second-order valence-corrected chi connectivity index (χ2v) is 5.72. The monoisotopic (exact) mass is 379 g/mol. The minimum absolute atomic E-state index is 0.262. The van der Waals surface area contributed by atoms with Crippen molar-refractivity contribution in [3.05, 3.63) is 0 Å². The van der Waals surface area contributed by atoms with Crippen LogP contribution in [-0.2, 0) is 33.2 Å². The third-order valence-corrected chi connectivity index (χ3v) is 3.58. The lowest BCUT2D eigenvalue weighted by Gasteiger charge is -2.22. The van der Waals surface area contributed by atoms with E-state index in [4.69, 9.17) is 33.5 Å². The molecule has 1 fully saturated rings. The SMILES string of the molecule is O=C(O)COCCOCCOCCOCCOCCOC1CCNCC1. The van der Waals surface area contributed by atoms with E-state index in [9.17, 15) is 4.79 Å². The van der Waals surface area contributed by atoms with E-state index >= 15 is 0 Å². The van der Waals surface area contributed by atoms with Gasteiger partial charge < -0.3 is 38.8 Å². The van der Waals surface area contributed by atoms with Crippen molar-refractivity contribution in [2.75, 3.05) is 85.8 Å². The first-order valence-electron chi connectivity index (χ1n) is 9.22. The Hall–Kier alpha value is -0.810. The van der Waals surface area contributed by atoms with Crippen molar-refractivity contribution in [2.24, 2.45) is 0 Å². The number of carboxylic acids is 1. The number of ether oxygens (including phenoxy) is 6. The molecule has 2 N–H and O–H groups in total. The van der Waals surface area contributed by atoms with E-state index in [2.05, 4.69) is 5.32 Å². The van der Waals surface area contributed by atoms with Crippen LogP contribution in [-0.4, -0.2) is 103 Å². The van der Waals surface area contributed by atoms with E-state index in [1.165, 1.54) is 0 Å². The number of nitrogens with one attached hydrogen (secondary N) is 1. The molecule has 0 saturated carbocycles. The van der Waals surface area contributed by atoms with Gasteiger partial charge in [-0.25, -0.2) is 4.79 Å². The van der Waals surface area contributed by atoms with Crippen LogP contribution < -0.4 is 5.32 Å². The molecular formula is C17H33NO8. The van der Waals surface area contributed by atoms with Crippen LogP contribution in [0.15, 0.2) is 0 Å². The zero-order valence-corrected chi connectivity index (χ0v) is 15.5. The number of hydrogen-bond acceptors (Lipinski definition) is 8. The van der Waals surface area contributed by atoms with Crippen LogP contribution in [0, 0.1) is 0 Å². The van der Waals surface area contributed by atoms with Crippen LogP contribution in [0.2, 0.25) is 0 Å². The van der Waals surface area contributed by atoms with Crippen LogP contribution in [0.5, 0.6) is 0 Å². The fraction of sp³-hybridized carbons (Fsp3) is 0.941. The van der Waals surface area contributed by atoms with Crippen LogP contribution in [0.25, 0.3) is 0 Å². The minimum Gasteiger partial charge on any atom is -0.480 e. The first kappa shape index (κ1) is 23.2. The van der Waals surface area contributed by atoms with Gasteiger partial charge in [0.1, 0.15) is 6.61 Å². The van der Waals surface area contributed by atoms with Crippen molar-refractivity contribution in [2.45, 2.75) is 18.9 Å². The molecule has 0 amide bonds. The van der Waals surface area contributed by atoms with Gasteiger partial charge in [-0.2, -0.15) is 0 Å². The lowest BCUT2D eigenvalue weighted by Crippen LogP contribution is -2.33. The van der Waals surface area contributed by atoms with Crippen molar-refractivity contribution in [1.29, 1.82) is 0 Å². The average Bonchev–Trinajstić information content (AvgIpc) is 2.65. The topological polar surface area (TPSA) is 105 Å². The van der Waals surface area contributed by atoms with Gasteiger partial charge in [0.2, 0.25) is 0 Å². The van der Waals surface area contributed by atoms with Crippen LogP contribution in [0.4, 0.5) is 0 Å². The zero-order valence-electron chi connectivity index (χ0n) is 15.5. The summed E-state index contributed by atoms with van der Waals surface area (Å²) in [5, 5.41) is 11.7. The van der Waals surface area contributed by atoms with Gasteiger partial charge in [0.15, 0.2) is 0 Å². The highest BCUT2D eigenvalue weighted by molar-refractivity contribution is 5.67. The number of carbonyl (C=O) groups is 1. The number of hydrogen-bond donors (Lipinski definition) is 2. The van der Waals surface area contributed by atoms with E-state index in [1.54, 1.807) is 0 Å². The Kier molecular flexibility index (Phi) is 15.7. The van der Waals surface area contributed by atoms with Crippen LogP contribution in [0.3, 0.4) is 0 Å². The molecule has 0 bridgehead atoms. The summed E-state index contributed by atoms with van der Waals surface area (Å²) in [4.78, 5) is 10.2. The predicted molar refractivity (Wildman–Crippen MR) is 93.6 cm³/mol. The summed E-state index contributed by atoms with van der Waals surface area (Å²) in [6.45, 7) is 6.62. The average molecular weight is 379 g/mol. The highest BCUT2D eigenvalue weighted by atomic mass is 16.6. The van der Waals surface area contributed by atoms with Crippen molar-refractivity contribution in [3.63, 3.8) is 0 Å². The Morgan fingerprint density at radius 1 is 0.731 bits per heavy atom. The molecule has 0 unspecified atom stereocenters. The Balaban J connectivity index is 1.66. The van der Waals surface area contributed by atoms with Crippen LogP contribution >= 0.6 is 0 Å². The van der Waals surface area contributed by atoms with Gasteiger partial charge in [-0.3, -0.25) is 0 Å². The summed E-state index contributed by atoms with van der Waals surface area (Å²) >= 11 is 0. The number of carboxylic acid groups (broad SMARTS) is 1. The van der Waals surface area contributed by atoms with E-state index < -0.39 is 5.97 Å². The normalized spacial score (nSPS) is 15.4. The summed E-state index contributed by atoms with van der Waals surface area (Å²) in [5.41, 5.74) is 0. The van der Waals surface area contributed by atoms with Gasteiger partial charge >= 0.3 is 5.97 Å². The summed E-state index contributed by atoms with van der Waals surface area (Å²) < 4.78 is 32.0. The molecule has 154 valence electrons. The van der Waals surface area contributed by atoms with Gasteiger partial charge in [-0.15, -0.1) is 0 Å². The van der Waals surface area contributed by atoms with Crippen molar-refractivity contribution in [1.82, 2.24) is 5.32 Å². The zero-order chi connectivity index (χ0) is 18.7. The first-order chi connectivity index (χ1) is 12.8. The van der Waals surface area contributed by atoms with Gasteiger partial charge in [0.25, 0.3) is 0 Å². The molecule has 0 radical (unpaired) electrons. The highest BCUT2D eigenvalue weighted by Crippen LogP contribution is 2.06. The second kappa shape index (κ2) is 17.6. The highest BCUT2D eigenvalue weighted by Gasteiger charge is 2.12. The van der Waals surface area contributed by atoms with Crippen molar-refractivity contribution < 1.29 is 38.3 Å². The molecule has 9 nitrogen and oxygen atoms in total. The standard InChI is InChI=1S/C17H33NO8/c19-17(20)15-25-12-11-23-8-7-21-5-6-22-9-10-24-13-14-26-16-1-3-18-4-2-16/h16,18H,1-15H2,(H,19,20). The third-order valence-electron chi connectivity index (χ3n) is 3.58. The maximum absolute atomic E-state index is 10.2. The van der Waals surface area contributed by atoms with Gasteiger partial charge in [0.05, 0.1) is 72.2 Å². The molecule has 0 aromatic heterocycles. The number of aliphatic carboxylic acids is 1. The van der Waals surface area contributed by atoms with Gasteiger partial charge in [0, 0.05) is 0 Å². The molecule has 1 saturated heterocycles. The Bertz CT molecular complexity index is 326. The molecule has 1 rings (SSSR count). The molecule has 0 atom stereocenters. The molecule has 9 heteroatoms. The molecule has 0 spiro atoms. The molecule has 0 aliphatic carbocycles. The molecule has 26 heavy (non-hydrogen) atoms. The molecule has 1 aliphatic rings. The van der Waals surface area contributed by atoms with Gasteiger partial charge in [-0.05, 0) is 25.9 Å². The molecule has 0 aromatic carbocycles. The summed E-state index contributed by atoms with van der Waals surface area (Å²) in [6.07, 6.45) is 2.52. The number of piperidine rings is 1. The van der Waals surface area contributed by atoms with Crippen molar-refractivity contribution in [3.8, 4) is 0 Å². The molecule has 1 heterocycles. The smallest absolute Gasteiger partial charge is 0.329 e. The summed E-state index contributed by atoms with van der Waals surface area (Å²) in [7, 11) is 0. The molecule has 1 aliphatic heterocycles. The maximum Gasteiger partial charge on any atom is 0.329 e. The van der Waals surface area contributed by atoms with E-state index in [-0.39, 0.29) is 13.2 Å². The Morgan fingerprint density at radius 2 is 1.15 bits per heavy atom. The molecule has 0 aromatic rings. The van der Waals surface area contributed by atoms with E-state index in [1.807, 2.05) is 0 Å². The maximum atomic E-state index is 10.2. The van der Waals surface area contributed by atoms with E-state index in [0.717, 1.165) is 25.9 Å². The lowest BCUT2D eigenvalue weighted by molar-refractivity contribution is -0.142. The quantitative estimate of drug-likeness (QED) is 0.316. The van der Waals surface area contributed by atoms with E-state index in [0.29, 0.717) is 65.6 Å². The number of rotatable bonds is 18. The minimum atomic E-state index is -0.982. The molecular weight excluding hydrogens is 346 g/mol. The largest absolute Gasteiger partial charge is 0.480 e. The first-order valence-corrected chi connectivity index (χ1v) is 9.22. The Morgan fingerprint density at radius 3 is 1.62 bits per heavy atom. The fourth-order valence-electron chi connectivity index (χ4n) is 2.27. The fourth-order valence-corrected chi connectivity index (χ4v) is 2.27. The lowest BCUT2D eigenvalue weighted by atomic mass is 10.1. The predicted octanol–water partition coefficient (Wildman–Crippen LogP) is -0.0774. The van der Waals surface area contributed by atoms with Gasteiger partial charge in [-0.1, -0.05) is 0 Å².